The third kappa shape index (κ3) is 3.26. The zero-order valence-corrected chi connectivity index (χ0v) is 17.1. The van der Waals surface area contributed by atoms with Crippen LogP contribution in [0, 0.1) is 11.6 Å². The van der Waals surface area contributed by atoms with Crippen molar-refractivity contribution in [3.63, 3.8) is 0 Å². The minimum absolute atomic E-state index is 0.181. The summed E-state index contributed by atoms with van der Waals surface area (Å²) in [6, 6.07) is 7.91. The number of carbonyl (C=O) groups excluding carboxylic acids is 3. The number of hydrogen-bond acceptors (Lipinski definition) is 4. The van der Waals surface area contributed by atoms with Gasteiger partial charge < -0.3 is 9.47 Å². The SMILES string of the molecule is Cn1cc(-c2ccc3c(c2)CN(C2CCC(=O)NC2=O)C3=O)nc1-c1ccc(F)cc1F. The van der Waals surface area contributed by atoms with Crippen molar-refractivity contribution in [2.45, 2.75) is 25.4 Å². The summed E-state index contributed by atoms with van der Waals surface area (Å²) in [6.45, 7) is 0.251. The molecule has 2 aliphatic rings. The Hall–Kier alpha value is -3.88. The van der Waals surface area contributed by atoms with Gasteiger partial charge >= 0.3 is 0 Å². The predicted molar refractivity (Wildman–Crippen MR) is 110 cm³/mol. The average molecular weight is 436 g/mol. The topological polar surface area (TPSA) is 84.3 Å². The van der Waals surface area contributed by atoms with Gasteiger partial charge in [0.15, 0.2) is 0 Å². The highest BCUT2D eigenvalue weighted by atomic mass is 19.1. The Morgan fingerprint density at radius 3 is 2.59 bits per heavy atom. The van der Waals surface area contributed by atoms with Crippen molar-refractivity contribution in [2.75, 3.05) is 0 Å². The molecule has 7 nitrogen and oxygen atoms in total. The molecule has 1 unspecified atom stereocenters. The van der Waals surface area contributed by atoms with E-state index in [1.165, 1.54) is 17.0 Å². The van der Waals surface area contributed by atoms with E-state index in [4.69, 9.17) is 0 Å². The molecule has 0 spiro atoms. The van der Waals surface area contributed by atoms with Gasteiger partial charge in [0.1, 0.15) is 23.5 Å². The molecule has 1 aromatic heterocycles. The second kappa shape index (κ2) is 7.37. The number of halogens is 2. The fourth-order valence-electron chi connectivity index (χ4n) is 4.26. The van der Waals surface area contributed by atoms with Crippen LogP contribution in [0.2, 0.25) is 0 Å². The Morgan fingerprint density at radius 2 is 1.84 bits per heavy atom. The number of nitrogens with zero attached hydrogens (tertiary/aromatic N) is 3. The van der Waals surface area contributed by atoms with Crippen LogP contribution in [0.4, 0.5) is 8.78 Å². The van der Waals surface area contributed by atoms with Crippen molar-refractivity contribution in [1.29, 1.82) is 0 Å². The summed E-state index contributed by atoms with van der Waals surface area (Å²) in [5.41, 5.74) is 2.73. The van der Waals surface area contributed by atoms with Crippen LogP contribution in [-0.4, -0.2) is 38.2 Å². The molecule has 32 heavy (non-hydrogen) atoms. The highest BCUT2D eigenvalue weighted by Crippen LogP contribution is 2.32. The molecule has 3 aromatic rings. The van der Waals surface area contributed by atoms with Gasteiger partial charge in [-0.25, -0.2) is 13.8 Å². The Kier molecular flexibility index (Phi) is 4.61. The van der Waals surface area contributed by atoms with Gasteiger partial charge in [0, 0.05) is 43.4 Å². The van der Waals surface area contributed by atoms with E-state index in [1.807, 2.05) is 6.07 Å². The number of carbonyl (C=O) groups is 3. The van der Waals surface area contributed by atoms with E-state index in [0.29, 0.717) is 23.5 Å². The first-order valence-electron chi connectivity index (χ1n) is 10.1. The first-order chi connectivity index (χ1) is 15.3. The lowest BCUT2D eigenvalue weighted by Crippen LogP contribution is -2.52. The second-order valence-corrected chi connectivity index (χ2v) is 7.96. The molecule has 0 bridgehead atoms. The lowest BCUT2D eigenvalue weighted by Gasteiger charge is -2.29. The number of aryl methyl sites for hydroxylation is 1. The van der Waals surface area contributed by atoms with Gasteiger partial charge in [-0.1, -0.05) is 6.07 Å². The number of amides is 3. The molecule has 162 valence electrons. The first kappa shape index (κ1) is 20.0. The standard InChI is InChI=1S/C23H18F2N4O3/c1-28-11-18(26-21(28)16-5-3-14(24)9-17(16)25)12-2-4-15-13(8-12)10-29(23(15)32)19-6-7-20(30)27-22(19)31/h2-5,8-9,11,19H,6-7,10H2,1H3,(H,27,30,31). The number of imide groups is 1. The molecule has 1 fully saturated rings. The molecule has 1 atom stereocenters. The molecular weight excluding hydrogens is 418 g/mol. The number of benzene rings is 2. The van der Waals surface area contributed by atoms with Crippen molar-refractivity contribution in [1.82, 2.24) is 19.8 Å². The monoisotopic (exact) mass is 436 g/mol. The number of aromatic nitrogens is 2. The molecule has 2 aliphatic heterocycles. The fourth-order valence-corrected chi connectivity index (χ4v) is 4.26. The summed E-state index contributed by atoms with van der Waals surface area (Å²) in [7, 11) is 1.72. The lowest BCUT2D eigenvalue weighted by molar-refractivity contribution is -0.136. The number of nitrogens with one attached hydrogen (secondary N) is 1. The first-order valence-corrected chi connectivity index (χ1v) is 10.1. The summed E-state index contributed by atoms with van der Waals surface area (Å²) in [5, 5.41) is 2.28. The Labute approximate surface area is 181 Å². The van der Waals surface area contributed by atoms with Crippen LogP contribution in [0.5, 0.6) is 0 Å². The minimum Gasteiger partial charge on any atom is -0.333 e. The normalized spacial score (nSPS) is 18.2. The lowest BCUT2D eigenvalue weighted by atomic mass is 10.0. The molecule has 0 saturated carbocycles. The molecule has 9 heteroatoms. The summed E-state index contributed by atoms with van der Waals surface area (Å²) < 4.78 is 29.2. The minimum atomic E-state index is -0.704. The zero-order chi connectivity index (χ0) is 22.6. The Bertz CT molecular complexity index is 1300. The fraction of sp³-hybridized carbons (Fsp3) is 0.217. The molecule has 1 N–H and O–H groups in total. The van der Waals surface area contributed by atoms with Crippen molar-refractivity contribution < 1.29 is 23.2 Å². The summed E-state index contributed by atoms with van der Waals surface area (Å²) in [6.07, 6.45) is 2.22. The summed E-state index contributed by atoms with van der Waals surface area (Å²) >= 11 is 0. The molecule has 5 rings (SSSR count). The highest BCUT2D eigenvalue weighted by molar-refractivity contribution is 6.05. The van der Waals surface area contributed by atoms with Crippen LogP contribution < -0.4 is 5.32 Å². The largest absolute Gasteiger partial charge is 0.333 e. The molecule has 3 heterocycles. The van der Waals surface area contributed by atoms with Crippen LogP contribution in [0.3, 0.4) is 0 Å². The number of fused-ring (bicyclic) bond motifs is 1. The van der Waals surface area contributed by atoms with Gasteiger partial charge in [-0.2, -0.15) is 0 Å². The molecular formula is C23H18F2N4O3. The van der Waals surface area contributed by atoms with Gasteiger partial charge in [-0.3, -0.25) is 19.7 Å². The molecule has 0 radical (unpaired) electrons. The van der Waals surface area contributed by atoms with Crippen molar-refractivity contribution >= 4 is 17.7 Å². The second-order valence-electron chi connectivity index (χ2n) is 7.96. The van der Waals surface area contributed by atoms with E-state index in [2.05, 4.69) is 10.3 Å². The zero-order valence-electron chi connectivity index (χ0n) is 17.1. The van der Waals surface area contributed by atoms with Crippen LogP contribution >= 0.6 is 0 Å². The van der Waals surface area contributed by atoms with Crippen LogP contribution in [0.25, 0.3) is 22.6 Å². The van der Waals surface area contributed by atoms with Crippen molar-refractivity contribution in [3.05, 3.63) is 65.4 Å². The van der Waals surface area contributed by atoms with E-state index in [9.17, 15) is 23.2 Å². The molecule has 3 amide bonds. The highest BCUT2D eigenvalue weighted by Gasteiger charge is 2.39. The van der Waals surface area contributed by atoms with Gasteiger partial charge in [0.2, 0.25) is 11.8 Å². The maximum absolute atomic E-state index is 14.2. The third-order valence-corrected chi connectivity index (χ3v) is 5.87. The Morgan fingerprint density at radius 1 is 1.06 bits per heavy atom. The number of hydrogen-bond donors (Lipinski definition) is 1. The summed E-state index contributed by atoms with van der Waals surface area (Å²) in [4.78, 5) is 42.5. The molecule has 2 aromatic carbocycles. The van der Waals surface area contributed by atoms with Crippen LogP contribution in [0.1, 0.15) is 28.8 Å². The van der Waals surface area contributed by atoms with E-state index in [1.54, 1.807) is 29.9 Å². The third-order valence-electron chi connectivity index (χ3n) is 5.87. The predicted octanol–water partition coefficient (Wildman–Crippen LogP) is 2.79. The quantitative estimate of drug-likeness (QED) is 0.640. The van der Waals surface area contributed by atoms with Gasteiger partial charge in [0.25, 0.3) is 5.91 Å². The number of rotatable bonds is 3. The van der Waals surface area contributed by atoms with Crippen LogP contribution in [0.15, 0.2) is 42.6 Å². The smallest absolute Gasteiger partial charge is 0.255 e. The van der Waals surface area contributed by atoms with Crippen molar-refractivity contribution in [3.8, 4) is 22.6 Å². The van der Waals surface area contributed by atoms with Gasteiger partial charge in [0.05, 0.1) is 11.3 Å². The van der Waals surface area contributed by atoms with E-state index >= 15 is 0 Å². The average Bonchev–Trinajstić information content (AvgIpc) is 3.28. The molecule has 0 aliphatic carbocycles. The van der Waals surface area contributed by atoms with Gasteiger partial charge in [-0.15, -0.1) is 0 Å². The molecule has 1 saturated heterocycles. The number of piperidine rings is 1. The number of imidazole rings is 1. The van der Waals surface area contributed by atoms with Gasteiger partial charge in [-0.05, 0) is 36.2 Å². The summed E-state index contributed by atoms with van der Waals surface area (Å²) in [5.74, 6) is -2.07. The maximum Gasteiger partial charge on any atom is 0.255 e. The van der Waals surface area contributed by atoms with E-state index < -0.39 is 23.6 Å². The van der Waals surface area contributed by atoms with Crippen molar-refractivity contribution in [2.24, 2.45) is 7.05 Å². The van der Waals surface area contributed by atoms with Crippen LogP contribution in [-0.2, 0) is 23.2 Å². The van der Waals surface area contributed by atoms with E-state index in [-0.39, 0.29) is 30.3 Å². The Balaban J connectivity index is 1.45. The van der Waals surface area contributed by atoms with E-state index in [0.717, 1.165) is 17.2 Å². The maximum atomic E-state index is 14.2.